The molecule has 0 fully saturated rings. The van der Waals surface area contributed by atoms with Crippen LogP contribution in [0.15, 0.2) is 24.5 Å². The number of halogens is 2. The molecule has 0 spiro atoms. The average Bonchev–Trinajstić information content (AvgIpc) is 2.81. The molecule has 1 atom stereocenters. The van der Waals surface area contributed by atoms with Gasteiger partial charge in [0.1, 0.15) is 23.8 Å². The largest absolute Gasteiger partial charge is 0.332 e. The van der Waals surface area contributed by atoms with Gasteiger partial charge in [0, 0.05) is 18.7 Å². The second-order valence-electron chi connectivity index (χ2n) is 4.51. The first-order chi connectivity index (χ1) is 9.97. The van der Waals surface area contributed by atoms with E-state index in [1.54, 1.807) is 14.0 Å². The Hall–Kier alpha value is -2.51. The molecule has 2 amide bonds. The topological polar surface area (TPSA) is 71.8 Å². The zero-order chi connectivity index (χ0) is 15.4. The summed E-state index contributed by atoms with van der Waals surface area (Å²) in [6.45, 7) is 1.80. The van der Waals surface area contributed by atoms with Crippen molar-refractivity contribution in [2.45, 2.75) is 19.5 Å². The Labute approximate surface area is 120 Å². The summed E-state index contributed by atoms with van der Waals surface area (Å²) in [6, 6.07) is 2.16. The number of carbonyl (C=O) groups excluding carboxylic acids is 1. The summed E-state index contributed by atoms with van der Waals surface area (Å²) in [6.07, 6.45) is 1.38. The molecule has 0 aliphatic heterocycles. The molecule has 0 aliphatic rings. The van der Waals surface area contributed by atoms with E-state index in [1.807, 2.05) is 0 Å². The summed E-state index contributed by atoms with van der Waals surface area (Å²) in [5.41, 5.74) is 0.213. The third-order valence-electron chi connectivity index (χ3n) is 2.99. The molecule has 112 valence electrons. The van der Waals surface area contributed by atoms with Gasteiger partial charge in [0.2, 0.25) is 0 Å². The van der Waals surface area contributed by atoms with Crippen LogP contribution in [0, 0.1) is 11.6 Å². The first-order valence-corrected chi connectivity index (χ1v) is 6.29. The van der Waals surface area contributed by atoms with Crippen LogP contribution in [0.25, 0.3) is 0 Å². The van der Waals surface area contributed by atoms with E-state index in [0.717, 1.165) is 12.1 Å². The van der Waals surface area contributed by atoms with Gasteiger partial charge in [-0.05, 0) is 13.0 Å². The number of rotatable bonds is 4. The van der Waals surface area contributed by atoms with Crippen molar-refractivity contribution in [1.82, 2.24) is 25.4 Å². The molecule has 2 rings (SSSR count). The average molecular weight is 295 g/mol. The maximum absolute atomic E-state index is 13.6. The van der Waals surface area contributed by atoms with Crippen molar-refractivity contribution in [2.75, 3.05) is 0 Å². The summed E-state index contributed by atoms with van der Waals surface area (Å²) in [5.74, 6) is -0.767. The summed E-state index contributed by atoms with van der Waals surface area (Å²) < 4.78 is 27.9. The van der Waals surface area contributed by atoms with Gasteiger partial charge >= 0.3 is 6.03 Å². The second-order valence-corrected chi connectivity index (χ2v) is 4.51. The fourth-order valence-electron chi connectivity index (χ4n) is 1.82. The highest BCUT2D eigenvalue weighted by Gasteiger charge is 2.14. The van der Waals surface area contributed by atoms with Crippen LogP contribution < -0.4 is 10.6 Å². The smallest absolute Gasteiger partial charge is 0.315 e. The van der Waals surface area contributed by atoms with Gasteiger partial charge in [0.25, 0.3) is 0 Å². The van der Waals surface area contributed by atoms with Crippen molar-refractivity contribution in [3.8, 4) is 0 Å². The van der Waals surface area contributed by atoms with E-state index in [1.165, 1.54) is 17.1 Å². The minimum absolute atomic E-state index is 0.195. The number of aromatic nitrogens is 3. The first-order valence-electron chi connectivity index (χ1n) is 6.29. The maximum Gasteiger partial charge on any atom is 0.315 e. The third-order valence-corrected chi connectivity index (χ3v) is 2.99. The zero-order valence-electron chi connectivity index (χ0n) is 11.6. The van der Waals surface area contributed by atoms with Crippen LogP contribution in [0.4, 0.5) is 13.6 Å². The molecule has 0 saturated heterocycles. The standard InChI is InChI=1S/C13H15F2N5O/c1-8(10-4-3-9(14)5-11(10)15)19-13(21)16-6-12-17-7-18-20(12)2/h3-5,7-8H,6H2,1-2H3,(H2,16,19,21). The first kappa shape index (κ1) is 14.9. The fraction of sp³-hybridized carbons (Fsp3) is 0.308. The molecule has 1 aromatic carbocycles. The summed E-state index contributed by atoms with van der Waals surface area (Å²) >= 11 is 0. The predicted octanol–water partition coefficient (Wildman–Crippen LogP) is 1.65. The molecule has 6 nitrogen and oxygen atoms in total. The quantitative estimate of drug-likeness (QED) is 0.901. The molecule has 0 aliphatic carbocycles. The Morgan fingerprint density at radius 2 is 2.19 bits per heavy atom. The number of urea groups is 1. The summed E-state index contributed by atoms with van der Waals surface area (Å²) in [4.78, 5) is 15.7. The van der Waals surface area contributed by atoms with Gasteiger partial charge in [-0.1, -0.05) is 6.07 Å². The normalized spacial score (nSPS) is 12.0. The van der Waals surface area contributed by atoms with Gasteiger partial charge in [-0.3, -0.25) is 4.68 Å². The van der Waals surface area contributed by atoms with Crippen LogP contribution in [-0.4, -0.2) is 20.8 Å². The monoisotopic (exact) mass is 295 g/mol. The molecule has 1 aromatic heterocycles. The zero-order valence-corrected chi connectivity index (χ0v) is 11.6. The number of aryl methyl sites for hydroxylation is 1. The highest BCUT2D eigenvalue weighted by atomic mass is 19.1. The van der Waals surface area contributed by atoms with Crippen LogP contribution in [0.2, 0.25) is 0 Å². The lowest BCUT2D eigenvalue weighted by Gasteiger charge is -2.15. The SMILES string of the molecule is CC(NC(=O)NCc1ncnn1C)c1ccc(F)cc1F. The highest BCUT2D eigenvalue weighted by molar-refractivity contribution is 5.74. The van der Waals surface area contributed by atoms with Crippen LogP contribution in [0.5, 0.6) is 0 Å². The van der Waals surface area contributed by atoms with Crippen LogP contribution in [0.1, 0.15) is 24.4 Å². The lowest BCUT2D eigenvalue weighted by atomic mass is 10.1. The van der Waals surface area contributed by atoms with Gasteiger partial charge in [0.15, 0.2) is 0 Å². The molecule has 0 radical (unpaired) electrons. The molecule has 8 heteroatoms. The third kappa shape index (κ3) is 3.74. The number of nitrogens with one attached hydrogen (secondary N) is 2. The van der Waals surface area contributed by atoms with Crippen molar-refractivity contribution < 1.29 is 13.6 Å². The Kier molecular flexibility index (Phi) is 4.46. The van der Waals surface area contributed by atoms with E-state index in [9.17, 15) is 13.6 Å². The van der Waals surface area contributed by atoms with Crippen molar-refractivity contribution in [3.05, 3.63) is 47.5 Å². The van der Waals surface area contributed by atoms with Crippen LogP contribution >= 0.6 is 0 Å². The summed E-state index contributed by atoms with van der Waals surface area (Å²) in [7, 11) is 1.71. The lowest BCUT2D eigenvalue weighted by Crippen LogP contribution is -2.37. The van der Waals surface area contributed by atoms with Crippen LogP contribution in [0.3, 0.4) is 0 Å². The van der Waals surface area contributed by atoms with Crippen LogP contribution in [-0.2, 0) is 13.6 Å². The van der Waals surface area contributed by atoms with Gasteiger partial charge in [-0.15, -0.1) is 0 Å². The molecule has 1 heterocycles. The van der Waals surface area contributed by atoms with Gasteiger partial charge in [0.05, 0.1) is 12.6 Å². The van der Waals surface area contributed by atoms with E-state index in [2.05, 4.69) is 20.7 Å². The molecule has 2 aromatic rings. The number of benzene rings is 1. The molecule has 0 saturated carbocycles. The maximum atomic E-state index is 13.6. The molecule has 1 unspecified atom stereocenters. The molecule has 21 heavy (non-hydrogen) atoms. The van der Waals surface area contributed by atoms with Crippen molar-refractivity contribution in [2.24, 2.45) is 7.05 Å². The number of amides is 2. The Balaban J connectivity index is 1.91. The summed E-state index contributed by atoms with van der Waals surface area (Å²) in [5, 5.41) is 9.03. The predicted molar refractivity (Wildman–Crippen MR) is 71.1 cm³/mol. The minimum Gasteiger partial charge on any atom is -0.332 e. The van der Waals surface area contributed by atoms with E-state index in [0.29, 0.717) is 5.82 Å². The fourth-order valence-corrected chi connectivity index (χ4v) is 1.82. The van der Waals surface area contributed by atoms with Crippen molar-refractivity contribution in [1.29, 1.82) is 0 Å². The molecular weight excluding hydrogens is 280 g/mol. The van der Waals surface area contributed by atoms with Crippen molar-refractivity contribution in [3.63, 3.8) is 0 Å². The molecular formula is C13H15F2N5O. The number of nitrogens with zero attached hydrogens (tertiary/aromatic N) is 3. The highest BCUT2D eigenvalue weighted by Crippen LogP contribution is 2.17. The van der Waals surface area contributed by atoms with Crippen molar-refractivity contribution >= 4 is 6.03 Å². The Morgan fingerprint density at radius 1 is 1.43 bits per heavy atom. The Morgan fingerprint density at radius 3 is 2.81 bits per heavy atom. The molecule has 0 bridgehead atoms. The number of hydrogen-bond donors (Lipinski definition) is 2. The van der Waals surface area contributed by atoms with E-state index < -0.39 is 23.7 Å². The van der Waals surface area contributed by atoms with Gasteiger partial charge in [-0.25, -0.2) is 18.6 Å². The second kappa shape index (κ2) is 6.29. The van der Waals surface area contributed by atoms with E-state index >= 15 is 0 Å². The van der Waals surface area contributed by atoms with Gasteiger partial charge < -0.3 is 10.6 Å². The van der Waals surface area contributed by atoms with Gasteiger partial charge in [-0.2, -0.15) is 5.10 Å². The minimum atomic E-state index is -0.698. The lowest BCUT2D eigenvalue weighted by molar-refractivity contribution is 0.237. The number of hydrogen-bond acceptors (Lipinski definition) is 3. The Bertz CT molecular complexity index is 643. The number of carbonyl (C=O) groups is 1. The van der Waals surface area contributed by atoms with E-state index in [4.69, 9.17) is 0 Å². The molecule has 2 N–H and O–H groups in total. The van der Waals surface area contributed by atoms with E-state index in [-0.39, 0.29) is 12.1 Å².